The summed E-state index contributed by atoms with van der Waals surface area (Å²) in [6.45, 7) is 3.65. The number of rotatable bonds is 31. The number of phosphoric ester groups is 1. The van der Waals surface area contributed by atoms with E-state index in [0.29, 0.717) is 12.8 Å². The summed E-state index contributed by atoms with van der Waals surface area (Å²) in [6, 6.07) is -1.15. The molecule has 0 aromatic carbocycles. The van der Waals surface area contributed by atoms with Crippen molar-refractivity contribution in [2.24, 2.45) is 0 Å². The topological polar surface area (TPSA) is 226 Å². The molecule has 1 amide bonds. The van der Waals surface area contributed by atoms with E-state index in [1.807, 2.05) is 0 Å². The molecular weight excluding hydrogens is 693 g/mol. The van der Waals surface area contributed by atoms with Gasteiger partial charge in [0.15, 0.2) is 0 Å². The third kappa shape index (κ3) is 21.6. The summed E-state index contributed by atoms with van der Waals surface area (Å²) in [5, 5.41) is 74.0. The average Bonchev–Trinajstić information content (AvgIpc) is 3.11. The molecule has 0 heterocycles. The highest BCUT2D eigenvalue weighted by Crippen LogP contribution is 2.47. The van der Waals surface area contributed by atoms with Gasteiger partial charge < -0.3 is 46.0 Å². The smallest absolute Gasteiger partial charge is 0.393 e. The van der Waals surface area contributed by atoms with Gasteiger partial charge in [-0.15, -0.1) is 0 Å². The van der Waals surface area contributed by atoms with Gasteiger partial charge in [0.05, 0.1) is 31.3 Å². The Kier molecular flexibility index (Phi) is 27.3. The summed E-state index contributed by atoms with van der Waals surface area (Å²) < 4.78 is 22.7. The second-order valence-electron chi connectivity index (χ2n) is 14.3. The Morgan fingerprint density at radius 1 is 0.673 bits per heavy atom. The molecule has 1 aliphatic rings. The van der Waals surface area contributed by atoms with E-state index >= 15 is 0 Å². The number of aliphatic hydroxyl groups is 7. The van der Waals surface area contributed by atoms with Crippen LogP contribution in [-0.2, 0) is 18.4 Å². The fraction of sp³-hybridized carbons (Fsp3) is 0.868. The van der Waals surface area contributed by atoms with Gasteiger partial charge in [-0.2, -0.15) is 0 Å². The van der Waals surface area contributed by atoms with E-state index in [0.717, 1.165) is 89.9 Å². The second-order valence-corrected chi connectivity index (χ2v) is 15.7. The zero-order chi connectivity index (χ0) is 38.8. The number of hydrogen-bond acceptors (Lipinski definition) is 11. The van der Waals surface area contributed by atoms with Gasteiger partial charge in [0.1, 0.15) is 36.6 Å². The minimum Gasteiger partial charge on any atom is -0.393 e. The third-order valence-corrected chi connectivity index (χ3v) is 10.6. The highest BCUT2D eigenvalue weighted by molar-refractivity contribution is 7.47. The number of allylic oxidation sites excluding steroid dienone is 4. The second kappa shape index (κ2) is 29.1. The Balaban J connectivity index is 2.55. The molecule has 0 aromatic rings. The molecule has 1 aliphatic carbocycles. The van der Waals surface area contributed by atoms with Crippen LogP contribution in [-0.4, -0.2) is 108 Å². The van der Waals surface area contributed by atoms with Crippen molar-refractivity contribution in [3.05, 3.63) is 24.3 Å². The van der Waals surface area contributed by atoms with Crippen molar-refractivity contribution >= 4 is 13.7 Å². The van der Waals surface area contributed by atoms with E-state index in [1.54, 1.807) is 0 Å². The number of unbranched alkanes of at least 4 members (excludes halogenated alkanes) is 14. The van der Waals surface area contributed by atoms with Gasteiger partial charge in [0.2, 0.25) is 5.91 Å². The quantitative estimate of drug-likeness (QED) is 0.0262. The summed E-state index contributed by atoms with van der Waals surface area (Å²) in [4.78, 5) is 23.2. The molecule has 8 atom stereocenters. The molecule has 0 aromatic heterocycles. The Morgan fingerprint density at radius 3 is 1.71 bits per heavy atom. The van der Waals surface area contributed by atoms with Crippen molar-refractivity contribution < 1.29 is 59.0 Å². The Labute approximate surface area is 312 Å². The van der Waals surface area contributed by atoms with Crippen LogP contribution < -0.4 is 5.32 Å². The first-order valence-electron chi connectivity index (χ1n) is 19.9. The number of hydrogen-bond donors (Lipinski definition) is 9. The number of amides is 1. The van der Waals surface area contributed by atoms with Crippen LogP contribution in [0.15, 0.2) is 24.3 Å². The van der Waals surface area contributed by atoms with E-state index in [2.05, 4.69) is 43.5 Å². The first kappa shape index (κ1) is 48.8. The molecule has 0 radical (unpaired) electrons. The monoisotopic (exact) mass is 765 g/mol. The van der Waals surface area contributed by atoms with Crippen LogP contribution in [0.2, 0.25) is 0 Å². The molecule has 0 bridgehead atoms. The van der Waals surface area contributed by atoms with Crippen LogP contribution in [0.3, 0.4) is 0 Å². The molecular formula is C38H72NO12P. The maximum atomic E-state index is 12.9. The molecule has 0 spiro atoms. The third-order valence-electron chi connectivity index (χ3n) is 9.57. The van der Waals surface area contributed by atoms with E-state index < -0.39 is 75.2 Å². The highest BCUT2D eigenvalue weighted by atomic mass is 31.2. The van der Waals surface area contributed by atoms with Crippen LogP contribution in [0.4, 0.5) is 0 Å². The number of carbonyl (C=O) groups excluding carboxylic acids is 1. The minimum absolute atomic E-state index is 0.232. The van der Waals surface area contributed by atoms with Gasteiger partial charge in [-0.25, -0.2) is 4.57 Å². The van der Waals surface area contributed by atoms with Crippen LogP contribution in [0.5, 0.6) is 0 Å². The summed E-state index contributed by atoms with van der Waals surface area (Å²) in [6.07, 6.45) is 14.2. The lowest BCUT2D eigenvalue weighted by atomic mass is 9.85. The van der Waals surface area contributed by atoms with Crippen LogP contribution >= 0.6 is 7.82 Å². The van der Waals surface area contributed by atoms with E-state index in [4.69, 9.17) is 9.05 Å². The number of aliphatic hydroxyl groups excluding tert-OH is 7. The van der Waals surface area contributed by atoms with Gasteiger partial charge in [0.25, 0.3) is 0 Å². The normalized spacial score (nSPS) is 25.3. The molecule has 1 fully saturated rings. The molecule has 9 N–H and O–H groups in total. The minimum atomic E-state index is -5.10. The zero-order valence-corrected chi connectivity index (χ0v) is 32.6. The number of nitrogens with one attached hydrogen (secondary N) is 1. The maximum Gasteiger partial charge on any atom is 0.472 e. The van der Waals surface area contributed by atoms with Gasteiger partial charge in [0, 0.05) is 0 Å². The van der Waals surface area contributed by atoms with Crippen molar-refractivity contribution in [1.82, 2.24) is 5.32 Å². The summed E-state index contributed by atoms with van der Waals surface area (Å²) in [7, 11) is -5.10. The number of carbonyl (C=O) groups is 1. The maximum absolute atomic E-state index is 12.9. The largest absolute Gasteiger partial charge is 0.472 e. The van der Waals surface area contributed by atoms with E-state index in [-0.39, 0.29) is 12.8 Å². The summed E-state index contributed by atoms with van der Waals surface area (Å²) >= 11 is 0. The zero-order valence-electron chi connectivity index (χ0n) is 31.7. The van der Waals surface area contributed by atoms with Gasteiger partial charge in [-0.05, 0) is 44.9 Å². The molecule has 14 heteroatoms. The molecule has 306 valence electrons. The predicted octanol–water partition coefficient (Wildman–Crippen LogP) is 4.86. The molecule has 8 unspecified atom stereocenters. The van der Waals surface area contributed by atoms with E-state index in [1.165, 1.54) is 19.3 Å². The summed E-state index contributed by atoms with van der Waals surface area (Å²) in [5.74, 6) is -0.575. The number of phosphoric acid groups is 1. The SMILES string of the molecule is CCCCC/C=C\C/C=C\CCCCCCCC(O)CC(=O)NC(COP(=O)(O)OC1C(O)C(O)C(O)C(O)C1O)C(O)CCCCCCCCC. The lowest BCUT2D eigenvalue weighted by Gasteiger charge is -2.41. The molecule has 1 rings (SSSR count). The van der Waals surface area contributed by atoms with Crippen molar-refractivity contribution in [1.29, 1.82) is 0 Å². The molecule has 1 saturated carbocycles. The lowest BCUT2D eigenvalue weighted by Crippen LogP contribution is -2.64. The first-order valence-corrected chi connectivity index (χ1v) is 21.4. The van der Waals surface area contributed by atoms with Crippen molar-refractivity contribution in [2.45, 2.75) is 204 Å². The molecule has 52 heavy (non-hydrogen) atoms. The molecule has 13 nitrogen and oxygen atoms in total. The predicted molar refractivity (Wildman–Crippen MR) is 201 cm³/mol. The van der Waals surface area contributed by atoms with Gasteiger partial charge in [-0.1, -0.05) is 122 Å². The van der Waals surface area contributed by atoms with Gasteiger partial charge in [-0.3, -0.25) is 13.8 Å². The highest BCUT2D eigenvalue weighted by Gasteiger charge is 2.51. The average molecular weight is 766 g/mol. The summed E-state index contributed by atoms with van der Waals surface area (Å²) in [5.41, 5.74) is 0. The first-order chi connectivity index (χ1) is 24.8. The fourth-order valence-corrected chi connectivity index (χ4v) is 7.18. The van der Waals surface area contributed by atoms with Crippen LogP contribution in [0.1, 0.15) is 149 Å². The Bertz CT molecular complexity index is 1000. The Morgan fingerprint density at radius 2 is 1.13 bits per heavy atom. The van der Waals surface area contributed by atoms with Crippen molar-refractivity contribution in [2.75, 3.05) is 6.61 Å². The Hall–Kier alpha value is -1.22. The standard InChI is InChI=1S/C38H72NO12P/c1-3-5-7-9-11-12-13-14-15-16-17-18-20-21-23-25-29(40)27-32(42)39-30(31(41)26-24-22-19-10-8-6-4-2)28-50-52(48,49)51-38-36(46)34(44)33(43)35(45)37(38)47/h11-12,14-15,29-31,33-38,40-41,43-47H,3-10,13,16-28H2,1-2H3,(H,39,42)(H,48,49)/b12-11-,15-14-. The van der Waals surface area contributed by atoms with Crippen LogP contribution in [0.25, 0.3) is 0 Å². The van der Waals surface area contributed by atoms with Crippen LogP contribution in [0, 0.1) is 0 Å². The van der Waals surface area contributed by atoms with Crippen molar-refractivity contribution in [3.63, 3.8) is 0 Å². The molecule has 0 aliphatic heterocycles. The van der Waals surface area contributed by atoms with E-state index in [9.17, 15) is 50.0 Å². The van der Waals surface area contributed by atoms with Gasteiger partial charge >= 0.3 is 7.82 Å². The molecule has 0 saturated heterocycles. The fourth-order valence-electron chi connectivity index (χ4n) is 6.21. The lowest BCUT2D eigenvalue weighted by molar-refractivity contribution is -0.220. The van der Waals surface area contributed by atoms with Crippen molar-refractivity contribution in [3.8, 4) is 0 Å².